The van der Waals surface area contributed by atoms with Crippen molar-refractivity contribution in [2.45, 2.75) is 30.4 Å². The fourth-order valence-corrected chi connectivity index (χ4v) is 1.77. The maximum absolute atomic E-state index is 13.5. The van der Waals surface area contributed by atoms with E-state index >= 15 is 0 Å². The van der Waals surface area contributed by atoms with Gasteiger partial charge in [-0.05, 0) is 17.7 Å². The van der Waals surface area contributed by atoms with E-state index in [1.165, 1.54) is 0 Å². The van der Waals surface area contributed by atoms with Crippen LogP contribution in [0.3, 0.4) is 0 Å². The Morgan fingerprint density at radius 1 is 1.04 bits per heavy atom. The molecule has 0 aliphatic heterocycles. The highest BCUT2D eigenvalue weighted by Gasteiger charge is 2.73. The van der Waals surface area contributed by atoms with Gasteiger partial charge in [-0.25, -0.2) is 4.39 Å². The number of rotatable bonds is 5. The zero-order valence-corrected chi connectivity index (χ0v) is 11.4. The number of carbonyl (C=O) groups excluding carboxylic acids is 1. The molecule has 0 spiro atoms. The monoisotopic (exact) mass is 350 g/mol. The van der Waals surface area contributed by atoms with Crippen LogP contribution in [0.1, 0.15) is 17.9 Å². The Balaban J connectivity index is 3.20. The van der Waals surface area contributed by atoms with Crippen molar-refractivity contribution in [1.29, 1.82) is 0 Å². The van der Waals surface area contributed by atoms with Crippen molar-refractivity contribution in [3.8, 4) is 0 Å². The summed E-state index contributed by atoms with van der Waals surface area (Å²) < 4.78 is 106. The maximum atomic E-state index is 13.5. The summed E-state index contributed by atoms with van der Waals surface area (Å²) in [5.41, 5.74) is -0.379. The average Bonchev–Trinajstić information content (AvgIpc) is 2.43. The first-order valence-electron chi connectivity index (χ1n) is 5.99. The first kappa shape index (κ1) is 19.2. The molecule has 1 aromatic rings. The third kappa shape index (κ3) is 3.91. The third-order valence-electron chi connectivity index (χ3n) is 3.03. The van der Waals surface area contributed by atoms with Gasteiger partial charge in [-0.2, -0.15) is 30.7 Å². The molecule has 23 heavy (non-hydrogen) atoms. The molecule has 0 aliphatic rings. The van der Waals surface area contributed by atoms with Crippen LogP contribution < -0.4 is 0 Å². The Kier molecular flexibility index (Phi) is 5.27. The molecule has 10 heteroatoms. The molecular formula is C13H10F8O2. The van der Waals surface area contributed by atoms with Gasteiger partial charge in [0.25, 0.3) is 0 Å². The van der Waals surface area contributed by atoms with E-state index in [0.29, 0.717) is 0 Å². The van der Waals surface area contributed by atoms with Gasteiger partial charge in [-0.3, -0.25) is 4.79 Å². The zero-order valence-electron chi connectivity index (χ0n) is 11.4. The summed E-state index contributed by atoms with van der Waals surface area (Å²) in [6, 6.07) is 3.12. The van der Waals surface area contributed by atoms with Gasteiger partial charge in [0, 0.05) is 6.42 Å². The normalized spacial score (nSPS) is 14.5. The Bertz CT molecular complexity index is 550. The quantitative estimate of drug-likeness (QED) is 0.585. The lowest BCUT2D eigenvalue weighted by atomic mass is 9.90. The molecule has 0 fully saturated rings. The summed E-state index contributed by atoms with van der Waals surface area (Å²) >= 11 is 0. The smallest absolute Gasteiger partial charge is 0.459 e. The van der Waals surface area contributed by atoms with E-state index in [1.807, 2.05) is 0 Å². The second kappa shape index (κ2) is 6.32. The first-order valence-corrected chi connectivity index (χ1v) is 5.99. The van der Waals surface area contributed by atoms with Crippen LogP contribution in [0.25, 0.3) is 0 Å². The van der Waals surface area contributed by atoms with E-state index < -0.39 is 42.1 Å². The predicted molar refractivity (Wildman–Crippen MR) is 61.7 cm³/mol. The van der Waals surface area contributed by atoms with Crippen LogP contribution in [0.2, 0.25) is 0 Å². The lowest BCUT2D eigenvalue weighted by Gasteiger charge is -2.30. The minimum atomic E-state index is -6.50. The minimum Gasteiger partial charge on any atom is -0.469 e. The summed E-state index contributed by atoms with van der Waals surface area (Å²) in [7, 11) is 0.749. The minimum absolute atomic E-state index is 0.379. The molecule has 0 amide bonds. The number of benzene rings is 1. The van der Waals surface area contributed by atoms with Crippen molar-refractivity contribution < 1.29 is 44.7 Å². The Hall–Kier alpha value is -1.87. The fraction of sp³-hybridized carbons (Fsp3) is 0.462. The average molecular weight is 350 g/mol. The fourth-order valence-electron chi connectivity index (χ4n) is 1.77. The van der Waals surface area contributed by atoms with Crippen LogP contribution in [-0.2, 0) is 9.53 Å². The number of methoxy groups -OCH3 is 1. The van der Waals surface area contributed by atoms with Gasteiger partial charge in [0.05, 0.1) is 13.0 Å². The Morgan fingerprint density at radius 2 is 1.52 bits per heavy atom. The molecule has 1 unspecified atom stereocenters. The Labute approximate surface area is 125 Å². The van der Waals surface area contributed by atoms with Crippen LogP contribution in [-0.4, -0.2) is 31.1 Å². The van der Waals surface area contributed by atoms with Crippen LogP contribution in [0, 0.1) is 5.82 Å². The van der Waals surface area contributed by atoms with Crippen molar-refractivity contribution in [2.75, 3.05) is 7.11 Å². The molecular weight excluding hydrogens is 340 g/mol. The molecule has 1 atom stereocenters. The van der Waals surface area contributed by atoms with Gasteiger partial charge in [0.1, 0.15) is 5.82 Å². The van der Waals surface area contributed by atoms with Gasteiger partial charge in [-0.1, -0.05) is 12.1 Å². The van der Waals surface area contributed by atoms with E-state index in [-0.39, 0.29) is 5.56 Å². The largest absolute Gasteiger partial charge is 0.469 e. The highest BCUT2D eigenvalue weighted by molar-refractivity contribution is 5.78. The molecule has 2 nitrogen and oxygen atoms in total. The first-order chi connectivity index (χ1) is 10.3. The van der Waals surface area contributed by atoms with E-state index in [1.54, 1.807) is 0 Å². The molecule has 0 bridgehead atoms. The number of alkyl halides is 7. The van der Waals surface area contributed by atoms with Crippen molar-refractivity contribution >= 4 is 5.97 Å². The molecule has 130 valence electrons. The second-order valence-electron chi connectivity index (χ2n) is 4.61. The molecule has 0 saturated heterocycles. The summed E-state index contributed by atoms with van der Waals surface area (Å²) in [6.07, 6.45) is -8.65. The highest BCUT2D eigenvalue weighted by Crippen LogP contribution is 2.50. The molecule has 1 aromatic carbocycles. The molecule has 0 aromatic heterocycles. The van der Waals surface area contributed by atoms with E-state index in [0.717, 1.165) is 31.4 Å². The van der Waals surface area contributed by atoms with Crippen LogP contribution in [0.15, 0.2) is 24.3 Å². The summed E-state index contributed by atoms with van der Waals surface area (Å²) in [4.78, 5) is 11.5. The summed E-state index contributed by atoms with van der Waals surface area (Å²) in [5, 5.41) is 0. The van der Waals surface area contributed by atoms with Crippen molar-refractivity contribution in [3.63, 3.8) is 0 Å². The van der Waals surface area contributed by atoms with Crippen LogP contribution in [0.4, 0.5) is 35.1 Å². The van der Waals surface area contributed by atoms with Gasteiger partial charge in [0.2, 0.25) is 0 Å². The number of ether oxygens (including phenoxy) is 1. The van der Waals surface area contributed by atoms with E-state index in [2.05, 4.69) is 4.74 Å². The lowest BCUT2D eigenvalue weighted by Crippen LogP contribution is -2.52. The summed E-state index contributed by atoms with van der Waals surface area (Å²) in [5.74, 6) is -16.3. The van der Waals surface area contributed by atoms with Crippen LogP contribution >= 0.6 is 0 Å². The zero-order chi connectivity index (χ0) is 18.1. The Morgan fingerprint density at radius 3 is 1.91 bits per heavy atom. The van der Waals surface area contributed by atoms with Gasteiger partial charge in [0.15, 0.2) is 0 Å². The van der Waals surface area contributed by atoms with Gasteiger partial charge < -0.3 is 4.74 Å². The molecule has 0 saturated carbocycles. The van der Waals surface area contributed by atoms with E-state index in [9.17, 15) is 39.9 Å². The number of carbonyl (C=O) groups is 1. The van der Waals surface area contributed by atoms with E-state index in [4.69, 9.17) is 0 Å². The molecule has 0 aliphatic carbocycles. The third-order valence-corrected chi connectivity index (χ3v) is 3.03. The van der Waals surface area contributed by atoms with Crippen LogP contribution in [0.5, 0.6) is 0 Å². The van der Waals surface area contributed by atoms with Gasteiger partial charge >= 0.3 is 24.0 Å². The van der Waals surface area contributed by atoms with Crippen molar-refractivity contribution in [3.05, 3.63) is 35.6 Å². The topological polar surface area (TPSA) is 26.3 Å². The number of halogens is 8. The number of hydrogen-bond donors (Lipinski definition) is 0. The molecule has 0 heterocycles. The lowest BCUT2D eigenvalue weighted by molar-refractivity contribution is -0.356. The SMILES string of the molecule is COC(=O)C(CC(F)(F)C(F)(F)C(F)(F)F)c1ccc(F)cc1. The predicted octanol–water partition coefficient (Wildman–Crippen LogP) is 4.31. The van der Waals surface area contributed by atoms with Crippen molar-refractivity contribution in [1.82, 2.24) is 0 Å². The number of esters is 1. The molecule has 0 radical (unpaired) electrons. The van der Waals surface area contributed by atoms with Gasteiger partial charge in [-0.15, -0.1) is 0 Å². The maximum Gasteiger partial charge on any atom is 0.459 e. The molecule has 1 rings (SSSR count). The highest BCUT2D eigenvalue weighted by atomic mass is 19.4. The molecule has 0 N–H and O–H groups in total. The summed E-state index contributed by atoms with van der Waals surface area (Å²) in [6.45, 7) is 0. The van der Waals surface area contributed by atoms with Crippen molar-refractivity contribution in [2.24, 2.45) is 0 Å². The second-order valence-corrected chi connectivity index (χ2v) is 4.61. The standard InChI is InChI=1S/C13H10F8O2/c1-23-10(22)9(7-2-4-8(14)5-3-7)6-11(15,16)12(17,18)13(19,20)21/h2-5,9H,6H2,1H3. The number of hydrogen-bond acceptors (Lipinski definition) is 2.